The molecule has 0 aliphatic rings. The molecule has 2 heterocycles. The molecule has 0 fully saturated rings. The molecule has 2 aromatic rings. The number of aryl methyl sites for hydroxylation is 3. The second kappa shape index (κ2) is 7.21. The van der Waals surface area contributed by atoms with Crippen LogP contribution in [0.15, 0.2) is 17.8 Å². The van der Waals surface area contributed by atoms with E-state index in [4.69, 9.17) is 0 Å². The first kappa shape index (κ1) is 15.5. The molecule has 0 aromatic carbocycles. The van der Waals surface area contributed by atoms with Gasteiger partial charge in [0, 0.05) is 24.7 Å². The Hall–Kier alpha value is -1.89. The van der Waals surface area contributed by atoms with Crippen molar-refractivity contribution in [3.05, 3.63) is 34.0 Å². The Bertz CT molecular complexity index is 592. The van der Waals surface area contributed by atoms with E-state index < -0.39 is 0 Å². The highest BCUT2D eigenvalue weighted by atomic mass is 32.1. The second-order valence-corrected chi connectivity index (χ2v) is 6.11. The van der Waals surface area contributed by atoms with Crippen molar-refractivity contribution in [2.45, 2.75) is 39.8 Å². The smallest absolute Gasteiger partial charge is 0.315 e. The lowest BCUT2D eigenvalue weighted by Crippen LogP contribution is -2.37. The van der Waals surface area contributed by atoms with E-state index in [1.54, 1.807) is 11.3 Å². The summed E-state index contributed by atoms with van der Waals surface area (Å²) < 4.78 is 1.88. The predicted octanol–water partition coefficient (Wildman–Crippen LogP) is 2.41. The second-order valence-electron chi connectivity index (χ2n) is 5.05. The van der Waals surface area contributed by atoms with Crippen molar-refractivity contribution in [1.29, 1.82) is 0 Å². The lowest BCUT2D eigenvalue weighted by Gasteiger charge is -2.12. The van der Waals surface area contributed by atoms with Crippen molar-refractivity contribution in [3.63, 3.8) is 0 Å². The fourth-order valence-electron chi connectivity index (χ4n) is 1.93. The molecule has 7 heteroatoms. The summed E-state index contributed by atoms with van der Waals surface area (Å²) in [5.41, 5.74) is 2.05. The zero-order valence-corrected chi connectivity index (χ0v) is 13.4. The molecule has 0 saturated carbocycles. The topological polar surface area (TPSA) is 71.8 Å². The van der Waals surface area contributed by atoms with Gasteiger partial charge in [0.05, 0.1) is 22.9 Å². The molecule has 0 radical (unpaired) electrons. The summed E-state index contributed by atoms with van der Waals surface area (Å²) in [7, 11) is 0. The van der Waals surface area contributed by atoms with Crippen molar-refractivity contribution in [2.24, 2.45) is 0 Å². The van der Waals surface area contributed by atoms with Gasteiger partial charge in [-0.25, -0.2) is 9.78 Å². The Morgan fingerprint density at radius 1 is 1.48 bits per heavy atom. The van der Waals surface area contributed by atoms with Crippen molar-refractivity contribution in [1.82, 2.24) is 25.4 Å². The third-order valence-corrected chi connectivity index (χ3v) is 3.83. The van der Waals surface area contributed by atoms with Crippen LogP contribution in [-0.4, -0.2) is 27.3 Å². The fraction of sp³-hybridized carbons (Fsp3) is 0.500. The number of rotatable bonds is 6. The Labute approximate surface area is 128 Å². The molecule has 21 heavy (non-hydrogen) atoms. The van der Waals surface area contributed by atoms with Gasteiger partial charge in [-0.05, 0) is 32.8 Å². The summed E-state index contributed by atoms with van der Waals surface area (Å²) >= 11 is 1.59. The van der Waals surface area contributed by atoms with Gasteiger partial charge in [-0.3, -0.25) is 4.68 Å². The van der Waals surface area contributed by atoms with Crippen LogP contribution in [-0.2, 0) is 6.54 Å². The quantitative estimate of drug-likeness (QED) is 0.805. The van der Waals surface area contributed by atoms with Crippen LogP contribution in [0.3, 0.4) is 0 Å². The van der Waals surface area contributed by atoms with E-state index in [2.05, 4.69) is 20.7 Å². The summed E-state index contributed by atoms with van der Waals surface area (Å²) in [6, 6.07) is -0.242. The summed E-state index contributed by atoms with van der Waals surface area (Å²) in [5.74, 6) is 0. The summed E-state index contributed by atoms with van der Waals surface area (Å²) in [5, 5.41) is 12.9. The summed E-state index contributed by atoms with van der Waals surface area (Å²) in [4.78, 5) is 16.1. The molecule has 2 N–H and O–H groups in total. The Morgan fingerprint density at radius 2 is 2.29 bits per heavy atom. The summed E-state index contributed by atoms with van der Waals surface area (Å²) in [6.45, 7) is 7.32. The highest BCUT2D eigenvalue weighted by Crippen LogP contribution is 2.15. The monoisotopic (exact) mass is 307 g/mol. The number of hydrogen-bond donors (Lipinski definition) is 2. The Kier molecular flexibility index (Phi) is 5.32. The van der Waals surface area contributed by atoms with Gasteiger partial charge in [0.2, 0.25) is 0 Å². The normalized spacial score (nSPS) is 12.1. The first-order valence-electron chi connectivity index (χ1n) is 7.00. The van der Waals surface area contributed by atoms with Gasteiger partial charge >= 0.3 is 6.03 Å². The van der Waals surface area contributed by atoms with Crippen LogP contribution in [0, 0.1) is 13.8 Å². The molecule has 2 amide bonds. The number of thiazole rings is 1. The minimum absolute atomic E-state index is 0.0799. The SMILES string of the molecule is Cc1cnn(CCCNC(=O)NC(C)c2csc(C)n2)c1. The van der Waals surface area contributed by atoms with E-state index in [0.29, 0.717) is 6.54 Å². The number of nitrogens with one attached hydrogen (secondary N) is 2. The average molecular weight is 307 g/mol. The first-order valence-corrected chi connectivity index (χ1v) is 7.88. The lowest BCUT2D eigenvalue weighted by molar-refractivity contribution is 0.237. The van der Waals surface area contributed by atoms with Gasteiger partial charge in [0.25, 0.3) is 0 Å². The molecule has 1 atom stereocenters. The van der Waals surface area contributed by atoms with E-state index in [1.165, 1.54) is 0 Å². The van der Waals surface area contributed by atoms with Crippen molar-refractivity contribution < 1.29 is 4.79 Å². The average Bonchev–Trinajstić information content (AvgIpc) is 3.03. The summed E-state index contributed by atoms with van der Waals surface area (Å²) in [6.07, 6.45) is 4.67. The van der Waals surface area contributed by atoms with Gasteiger partial charge < -0.3 is 10.6 Å². The molecule has 2 aromatic heterocycles. The highest BCUT2D eigenvalue weighted by Gasteiger charge is 2.11. The standard InChI is InChI=1S/C14H21N5OS/c1-10-7-16-19(8-10)6-4-5-15-14(20)17-11(2)13-9-21-12(3)18-13/h7-9,11H,4-6H2,1-3H3,(H2,15,17,20). The third kappa shape index (κ3) is 4.86. The maximum absolute atomic E-state index is 11.8. The van der Waals surface area contributed by atoms with E-state index in [1.807, 2.05) is 43.2 Å². The highest BCUT2D eigenvalue weighted by molar-refractivity contribution is 7.09. The fourth-order valence-corrected chi connectivity index (χ4v) is 2.64. The first-order chi connectivity index (χ1) is 10.0. The molecule has 0 aliphatic heterocycles. The molecule has 0 spiro atoms. The Morgan fingerprint density at radius 3 is 2.90 bits per heavy atom. The van der Waals surface area contributed by atoms with Gasteiger partial charge in [-0.15, -0.1) is 11.3 Å². The van der Waals surface area contributed by atoms with Gasteiger partial charge in [-0.2, -0.15) is 5.10 Å². The zero-order chi connectivity index (χ0) is 15.2. The lowest BCUT2D eigenvalue weighted by atomic mass is 10.3. The van der Waals surface area contributed by atoms with Crippen molar-refractivity contribution in [2.75, 3.05) is 6.54 Å². The van der Waals surface area contributed by atoms with Crippen LogP contribution in [0.25, 0.3) is 0 Å². The largest absolute Gasteiger partial charge is 0.338 e. The third-order valence-electron chi connectivity index (χ3n) is 3.04. The van der Waals surface area contributed by atoms with Crippen LogP contribution in [0.2, 0.25) is 0 Å². The maximum atomic E-state index is 11.8. The van der Waals surface area contributed by atoms with Crippen LogP contribution in [0.1, 0.15) is 35.7 Å². The molecular weight excluding hydrogens is 286 g/mol. The number of amides is 2. The number of nitrogens with zero attached hydrogens (tertiary/aromatic N) is 3. The van der Waals surface area contributed by atoms with Crippen molar-refractivity contribution >= 4 is 17.4 Å². The number of aromatic nitrogens is 3. The molecule has 114 valence electrons. The van der Waals surface area contributed by atoms with Crippen LogP contribution >= 0.6 is 11.3 Å². The van der Waals surface area contributed by atoms with E-state index >= 15 is 0 Å². The van der Waals surface area contributed by atoms with Crippen LogP contribution in [0.5, 0.6) is 0 Å². The van der Waals surface area contributed by atoms with Crippen LogP contribution in [0.4, 0.5) is 4.79 Å². The molecule has 2 rings (SSSR count). The molecular formula is C14H21N5OS. The number of carbonyl (C=O) groups excluding carboxylic acids is 1. The zero-order valence-electron chi connectivity index (χ0n) is 12.6. The molecule has 1 unspecified atom stereocenters. The maximum Gasteiger partial charge on any atom is 0.315 e. The molecule has 0 bridgehead atoms. The van der Waals surface area contributed by atoms with Gasteiger partial charge in [0.15, 0.2) is 0 Å². The van der Waals surface area contributed by atoms with E-state index in [9.17, 15) is 4.79 Å². The van der Waals surface area contributed by atoms with E-state index in [0.717, 1.165) is 29.2 Å². The number of urea groups is 1. The van der Waals surface area contributed by atoms with Crippen molar-refractivity contribution in [3.8, 4) is 0 Å². The minimum Gasteiger partial charge on any atom is -0.338 e. The van der Waals surface area contributed by atoms with Crippen LogP contribution < -0.4 is 10.6 Å². The Balaban J connectivity index is 1.65. The molecule has 0 saturated heterocycles. The number of carbonyl (C=O) groups is 1. The number of hydrogen-bond acceptors (Lipinski definition) is 4. The van der Waals surface area contributed by atoms with Gasteiger partial charge in [-0.1, -0.05) is 0 Å². The van der Waals surface area contributed by atoms with Gasteiger partial charge in [0.1, 0.15) is 0 Å². The molecule has 6 nitrogen and oxygen atoms in total. The predicted molar refractivity (Wildman–Crippen MR) is 83.4 cm³/mol. The van der Waals surface area contributed by atoms with E-state index in [-0.39, 0.29) is 12.1 Å². The molecule has 0 aliphatic carbocycles. The minimum atomic E-state index is -0.162.